The third-order valence-electron chi connectivity index (χ3n) is 4.84. The van der Waals surface area contributed by atoms with E-state index in [4.69, 9.17) is 26.8 Å². The fraction of sp³-hybridized carbons (Fsp3) is 0.474. The molecule has 2 aromatic rings. The maximum absolute atomic E-state index is 6.15. The Labute approximate surface area is 158 Å². The van der Waals surface area contributed by atoms with Crippen LogP contribution in [0.5, 0.6) is 11.5 Å². The van der Waals surface area contributed by atoms with Crippen LogP contribution in [-0.4, -0.2) is 38.9 Å². The van der Waals surface area contributed by atoms with Crippen LogP contribution in [0.4, 0.5) is 0 Å². The van der Waals surface area contributed by atoms with Gasteiger partial charge in [0.2, 0.25) is 0 Å². The van der Waals surface area contributed by atoms with E-state index in [9.17, 15) is 0 Å². The summed E-state index contributed by atoms with van der Waals surface area (Å²) in [5, 5.41) is 4.80. The van der Waals surface area contributed by atoms with Gasteiger partial charge in [-0.1, -0.05) is 24.6 Å². The molecule has 1 saturated heterocycles. The normalized spacial score (nSPS) is 20.1. The first-order valence-corrected chi connectivity index (χ1v) is 9.56. The fourth-order valence-electron chi connectivity index (χ4n) is 3.53. The smallest absolute Gasteiger partial charge is 0.199 e. The Morgan fingerprint density at radius 3 is 2.73 bits per heavy atom. The minimum absolute atomic E-state index is 0.283. The molecule has 1 fully saturated rings. The number of piperidine rings is 1. The van der Waals surface area contributed by atoms with Crippen LogP contribution < -0.4 is 9.47 Å². The number of allylic oxidation sites excluding steroid dienone is 1. The van der Waals surface area contributed by atoms with Crippen LogP contribution in [-0.2, 0) is 13.2 Å². The molecule has 0 bridgehead atoms. The minimum atomic E-state index is -0.283. The number of ether oxygens (including phenoxy) is 2. The van der Waals surface area contributed by atoms with Crippen LogP contribution in [0, 0.1) is 4.77 Å². The molecule has 0 amide bonds. The molecule has 0 spiro atoms. The van der Waals surface area contributed by atoms with Crippen molar-refractivity contribution in [1.29, 1.82) is 0 Å². The molecule has 0 saturated carbocycles. The number of hydrogen-bond acceptors (Lipinski definition) is 5. The second-order valence-electron chi connectivity index (χ2n) is 6.72. The van der Waals surface area contributed by atoms with Crippen molar-refractivity contribution in [3.8, 4) is 11.5 Å². The number of rotatable bonds is 5. The van der Waals surface area contributed by atoms with E-state index in [2.05, 4.69) is 11.5 Å². The number of hydrogen-bond donors (Lipinski definition) is 0. The van der Waals surface area contributed by atoms with Gasteiger partial charge < -0.3 is 9.47 Å². The van der Waals surface area contributed by atoms with Crippen LogP contribution in [0.2, 0.25) is 0 Å². The van der Waals surface area contributed by atoms with E-state index in [0.29, 0.717) is 17.9 Å². The van der Waals surface area contributed by atoms with Gasteiger partial charge >= 0.3 is 0 Å². The molecule has 0 radical (unpaired) electrons. The molecular formula is C19H24N4O2S. The van der Waals surface area contributed by atoms with Gasteiger partial charge in [-0.15, -0.1) is 6.58 Å². The van der Waals surface area contributed by atoms with E-state index in [0.717, 1.165) is 37.1 Å². The summed E-state index contributed by atoms with van der Waals surface area (Å²) in [5.74, 6) is 2.30. The topological polar surface area (TPSA) is 44.5 Å². The summed E-state index contributed by atoms with van der Waals surface area (Å²) in [6.07, 6.45) is 5.34. The van der Waals surface area contributed by atoms with E-state index in [1.54, 1.807) is 0 Å². The number of fused-ring (bicyclic) bond motifs is 1. The zero-order valence-corrected chi connectivity index (χ0v) is 15.7. The van der Waals surface area contributed by atoms with E-state index < -0.39 is 0 Å². The molecular weight excluding hydrogens is 348 g/mol. The van der Waals surface area contributed by atoms with E-state index >= 15 is 0 Å². The van der Waals surface area contributed by atoms with Gasteiger partial charge in [-0.25, -0.2) is 4.68 Å². The third-order valence-corrected chi connectivity index (χ3v) is 5.27. The molecule has 138 valence electrons. The quantitative estimate of drug-likeness (QED) is 0.593. The highest BCUT2D eigenvalue weighted by molar-refractivity contribution is 7.71. The second-order valence-corrected chi connectivity index (χ2v) is 7.09. The number of para-hydroxylation sites is 2. The zero-order chi connectivity index (χ0) is 17.9. The van der Waals surface area contributed by atoms with Crippen molar-refractivity contribution in [1.82, 2.24) is 19.2 Å². The summed E-state index contributed by atoms with van der Waals surface area (Å²) >= 11 is 5.69. The van der Waals surface area contributed by atoms with Crippen molar-refractivity contribution in [3.05, 3.63) is 47.5 Å². The Hall–Kier alpha value is -2.12. The number of nitrogens with zero attached hydrogens (tertiary/aromatic N) is 4. The maximum Gasteiger partial charge on any atom is 0.199 e. The molecule has 4 rings (SSSR count). The van der Waals surface area contributed by atoms with Crippen molar-refractivity contribution in [2.45, 2.75) is 38.6 Å². The first-order chi connectivity index (χ1) is 12.8. The second kappa shape index (κ2) is 7.63. The van der Waals surface area contributed by atoms with Gasteiger partial charge in [-0.2, -0.15) is 5.10 Å². The number of likely N-dealkylation sites (tertiary alicyclic amines) is 1. The lowest BCUT2D eigenvalue weighted by molar-refractivity contribution is 0.0815. The Morgan fingerprint density at radius 1 is 1.19 bits per heavy atom. The van der Waals surface area contributed by atoms with Gasteiger partial charge in [0.25, 0.3) is 0 Å². The summed E-state index contributed by atoms with van der Waals surface area (Å²) in [4.78, 5) is 2.40. The predicted molar refractivity (Wildman–Crippen MR) is 102 cm³/mol. The van der Waals surface area contributed by atoms with Crippen LogP contribution in [0.15, 0.2) is 36.9 Å². The van der Waals surface area contributed by atoms with Crippen molar-refractivity contribution in [2.24, 2.45) is 0 Å². The van der Waals surface area contributed by atoms with Crippen LogP contribution >= 0.6 is 12.2 Å². The molecule has 2 aliphatic rings. The molecule has 3 heterocycles. The van der Waals surface area contributed by atoms with Crippen LogP contribution in [0.3, 0.4) is 0 Å². The van der Waals surface area contributed by atoms with E-state index in [1.165, 1.54) is 19.3 Å². The monoisotopic (exact) mass is 372 g/mol. The van der Waals surface area contributed by atoms with Gasteiger partial charge in [0.1, 0.15) is 6.61 Å². The lowest BCUT2D eigenvalue weighted by atomic mass is 10.1. The molecule has 6 nitrogen and oxygen atoms in total. The maximum atomic E-state index is 6.15. The van der Waals surface area contributed by atoms with E-state index in [1.807, 2.05) is 39.6 Å². The van der Waals surface area contributed by atoms with Crippen LogP contribution in [0.25, 0.3) is 0 Å². The minimum Gasteiger partial charge on any atom is -0.485 e. The van der Waals surface area contributed by atoms with Crippen molar-refractivity contribution >= 4 is 12.2 Å². The Morgan fingerprint density at radius 2 is 1.96 bits per heavy atom. The third kappa shape index (κ3) is 3.41. The lowest BCUT2D eigenvalue weighted by Crippen LogP contribution is -2.32. The summed E-state index contributed by atoms with van der Waals surface area (Å²) in [6.45, 7) is 7.81. The predicted octanol–water partition coefficient (Wildman–Crippen LogP) is 3.56. The largest absolute Gasteiger partial charge is 0.485 e. The van der Waals surface area contributed by atoms with Gasteiger partial charge in [0, 0.05) is 6.54 Å². The van der Waals surface area contributed by atoms with Gasteiger partial charge in [-0.05, 0) is 50.3 Å². The average Bonchev–Trinajstić information content (AvgIpc) is 2.98. The first kappa shape index (κ1) is 17.3. The van der Waals surface area contributed by atoms with Gasteiger partial charge in [0.05, 0.1) is 6.67 Å². The molecule has 0 N–H and O–H groups in total. The Balaban J connectivity index is 1.61. The highest BCUT2D eigenvalue weighted by atomic mass is 32.1. The molecule has 7 heteroatoms. The highest BCUT2D eigenvalue weighted by Gasteiger charge is 2.28. The van der Waals surface area contributed by atoms with E-state index in [-0.39, 0.29) is 6.10 Å². The Bertz CT molecular complexity index is 838. The van der Waals surface area contributed by atoms with Crippen molar-refractivity contribution in [2.75, 3.05) is 19.7 Å². The van der Waals surface area contributed by atoms with Crippen molar-refractivity contribution < 1.29 is 9.47 Å². The SMILES string of the molecule is C=CCn1c([C@H]2COc3ccccc3O2)nn(CN2CCCCC2)c1=S. The first-order valence-electron chi connectivity index (χ1n) is 9.15. The van der Waals surface area contributed by atoms with Gasteiger partial charge in [-0.3, -0.25) is 9.47 Å². The standard InChI is InChI=1S/C19H24N4O2S/c1-2-10-22-18(17-13-24-15-8-4-5-9-16(15)25-17)20-23(19(22)26)14-21-11-6-3-7-12-21/h2,4-5,8-9,17H,1,3,6-7,10-14H2/t17-/m1/s1. The molecule has 1 aromatic heterocycles. The summed E-state index contributed by atoms with van der Waals surface area (Å²) in [6, 6.07) is 7.71. The molecule has 0 unspecified atom stereocenters. The Kier molecular flexibility index (Phi) is 5.08. The fourth-order valence-corrected chi connectivity index (χ4v) is 3.79. The number of benzene rings is 1. The molecule has 1 aromatic carbocycles. The number of aromatic nitrogens is 3. The zero-order valence-electron chi connectivity index (χ0n) is 14.8. The summed E-state index contributed by atoms with van der Waals surface area (Å²) in [7, 11) is 0. The summed E-state index contributed by atoms with van der Waals surface area (Å²) < 4.78 is 16.6. The van der Waals surface area contributed by atoms with Crippen molar-refractivity contribution in [3.63, 3.8) is 0 Å². The summed E-state index contributed by atoms with van der Waals surface area (Å²) in [5.41, 5.74) is 0. The molecule has 26 heavy (non-hydrogen) atoms. The molecule has 2 aliphatic heterocycles. The average molecular weight is 372 g/mol. The highest BCUT2D eigenvalue weighted by Crippen LogP contribution is 2.35. The van der Waals surface area contributed by atoms with Crippen LogP contribution in [0.1, 0.15) is 31.2 Å². The van der Waals surface area contributed by atoms with Gasteiger partial charge in [0.15, 0.2) is 28.2 Å². The molecule has 0 aliphatic carbocycles. The molecule has 1 atom stereocenters. The lowest BCUT2D eigenvalue weighted by Gasteiger charge is -2.26.